The Kier molecular flexibility index (Phi) is 4.33. The molecule has 7 heteroatoms. The summed E-state index contributed by atoms with van der Waals surface area (Å²) >= 11 is 3.42. The number of rotatable bonds is 5. The van der Waals surface area contributed by atoms with E-state index in [-0.39, 0.29) is 0 Å². The minimum atomic E-state index is 0.437. The van der Waals surface area contributed by atoms with Crippen LogP contribution in [0.2, 0.25) is 0 Å². The lowest BCUT2D eigenvalue weighted by atomic mass is 10.2. The predicted molar refractivity (Wildman–Crippen MR) is 85.3 cm³/mol. The van der Waals surface area contributed by atoms with Gasteiger partial charge in [-0.15, -0.1) is 0 Å². The Morgan fingerprint density at radius 2 is 1.95 bits per heavy atom. The predicted octanol–water partition coefficient (Wildman–Crippen LogP) is 3.40. The van der Waals surface area contributed by atoms with E-state index in [1.807, 2.05) is 31.2 Å². The molecule has 0 amide bonds. The zero-order chi connectivity index (χ0) is 15.5. The molecular formula is C15H16BrN5O. The number of halogens is 1. The van der Waals surface area contributed by atoms with E-state index >= 15 is 0 Å². The third-order valence-electron chi connectivity index (χ3n) is 3.23. The van der Waals surface area contributed by atoms with Gasteiger partial charge < -0.3 is 4.52 Å². The van der Waals surface area contributed by atoms with Gasteiger partial charge in [0.2, 0.25) is 5.89 Å². The highest BCUT2D eigenvalue weighted by atomic mass is 79.9. The summed E-state index contributed by atoms with van der Waals surface area (Å²) in [5.41, 5.74) is 0.974. The van der Waals surface area contributed by atoms with Crippen molar-refractivity contribution in [1.82, 2.24) is 24.9 Å². The van der Waals surface area contributed by atoms with E-state index in [9.17, 15) is 0 Å². The molecule has 114 valence electrons. The number of aromatic nitrogens is 5. The van der Waals surface area contributed by atoms with E-state index in [4.69, 9.17) is 4.52 Å². The molecule has 0 unspecified atom stereocenters. The smallest absolute Gasteiger partial charge is 0.248 e. The van der Waals surface area contributed by atoms with E-state index in [0.717, 1.165) is 34.5 Å². The molecule has 6 nitrogen and oxygen atoms in total. The molecule has 2 aromatic heterocycles. The molecule has 0 aliphatic carbocycles. The largest absolute Gasteiger partial charge is 0.337 e. The lowest BCUT2D eigenvalue weighted by Gasteiger charge is -1.97. The second kappa shape index (κ2) is 6.39. The average Bonchev–Trinajstić information content (AvgIpc) is 3.08. The van der Waals surface area contributed by atoms with Gasteiger partial charge in [0.25, 0.3) is 0 Å². The Hall–Kier alpha value is -2.02. The number of hydrogen-bond donors (Lipinski definition) is 0. The highest BCUT2D eigenvalue weighted by Gasteiger charge is 2.12. The molecule has 0 spiro atoms. The highest BCUT2D eigenvalue weighted by Crippen LogP contribution is 2.19. The van der Waals surface area contributed by atoms with Crippen molar-refractivity contribution in [2.75, 3.05) is 0 Å². The van der Waals surface area contributed by atoms with Crippen molar-refractivity contribution in [1.29, 1.82) is 0 Å². The van der Waals surface area contributed by atoms with Crippen molar-refractivity contribution in [3.8, 4) is 11.4 Å². The molecule has 22 heavy (non-hydrogen) atoms. The topological polar surface area (TPSA) is 69.6 Å². The third kappa shape index (κ3) is 3.24. The first-order valence-electron chi connectivity index (χ1n) is 7.14. The molecule has 0 bridgehead atoms. The van der Waals surface area contributed by atoms with Gasteiger partial charge in [-0.25, -0.2) is 9.67 Å². The van der Waals surface area contributed by atoms with Crippen LogP contribution >= 0.6 is 15.9 Å². The van der Waals surface area contributed by atoms with Crippen molar-refractivity contribution >= 4 is 15.9 Å². The molecule has 0 atom stereocenters. The molecule has 0 aliphatic rings. The van der Waals surface area contributed by atoms with Crippen LogP contribution in [0.3, 0.4) is 0 Å². The first-order valence-corrected chi connectivity index (χ1v) is 7.94. The second-order valence-corrected chi connectivity index (χ2v) is 5.92. The van der Waals surface area contributed by atoms with Crippen LogP contribution in [-0.4, -0.2) is 24.9 Å². The van der Waals surface area contributed by atoms with E-state index in [0.29, 0.717) is 18.3 Å². The van der Waals surface area contributed by atoms with Gasteiger partial charge in [-0.1, -0.05) is 40.1 Å². The summed E-state index contributed by atoms with van der Waals surface area (Å²) in [7, 11) is 0. The standard InChI is InChI=1S/C15H16BrN5O/c1-3-4-13-18-14(22-20-13)9-21-10(2)17-15(19-21)11-5-7-12(16)8-6-11/h5-8H,3-4,9H2,1-2H3. The number of hydrogen-bond acceptors (Lipinski definition) is 5. The van der Waals surface area contributed by atoms with E-state index in [1.54, 1.807) is 4.68 Å². The van der Waals surface area contributed by atoms with Gasteiger partial charge in [0.05, 0.1) is 0 Å². The molecule has 0 aliphatic heterocycles. The monoisotopic (exact) mass is 361 g/mol. The SMILES string of the molecule is CCCc1noc(Cn2nc(-c3ccc(Br)cc3)nc2C)n1. The fraction of sp³-hybridized carbons (Fsp3) is 0.333. The second-order valence-electron chi connectivity index (χ2n) is 5.00. The molecule has 1 aromatic carbocycles. The normalized spacial score (nSPS) is 11.0. The van der Waals surface area contributed by atoms with Gasteiger partial charge in [0.1, 0.15) is 12.4 Å². The van der Waals surface area contributed by atoms with Gasteiger partial charge in [-0.2, -0.15) is 10.1 Å². The Morgan fingerprint density at radius 3 is 2.68 bits per heavy atom. The zero-order valence-corrected chi connectivity index (χ0v) is 14.0. The Balaban J connectivity index is 1.81. The lowest BCUT2D eigenvalue weighted by molar-refractivity contribution is 0.359. The van der Waals surface area contributed by atoms with Crippen LogP contribution in [0.4, 0.5) is 0 Å². The number of benzene rings is 1. The van der Waals surface area contributed by atoms with E-state index < -0.39 is 0 Å². The fourth-order valence-corrected chi connectivity index (χ4v) is 2.36. The Bertz CT molecular complexity index is 763. The van der Waals surface area contributed by atoms with Gasteiger partial charge in [-0.3, -0.25) is 0 Å². The summed E-state index contributed by atoms with van der Waals surface area (Å²) in [4.78, 5) is 8.85. The summed E-state index contributed by atoms with van der Waals surface area (Å²) in [6.45, 7) is 4.44. The van der Waals surface area contributed by atoms with Gasteiger partial charge in [-0.05, 0) is 25.5 Å². The molecule has 0 fully saturated rings. The molecule has 0 saturated carbocycles. The number of aryl methyl sites for hydroxylation is 2. The van der Waals surface area contributed by atoms with Crippen molar-refractivity contribution < 1.29 is 4.52 Å². The van der Waals surface area contributed by atoms with Gasteiger partial charge in [0, 0.05) is 16.5 Å². The minimum Gasteiger partial charge on any atom is -0.337 e. The molecular weight excluding hydrogens is 346 g/mol. The third-order valence-corrected chi connectivity index (χ3v) is 3.76. The summed E-state index contributed by atoms with van der Waals surface area (Å²) in [5, 5.41) is 8.48. The maximum absolute atomic E-state index is 5.25. The molecule has 0 N–H and O–H groups in total. The van der Waals surface area contributed by atoms with Crippen LogP contribution in [0.5, 0.6) is 0 Å². The van der Waals surface area contributed by atoms with Crippen LogP contribution in [0.15, 0.2) is 33.3 Å². The van der Waals surface area contributed by atoms with Crippen LogP contribution in [0, 0.1) is 6.92 Å². The first kappa shape index (κ1) is 14.9. The maximum atomic E-state index is 5.25. The molecule has 2 heterocycles. The van der Waals surface area contributed by atoms with Crippen LogP contribution < -0.4 is 0 Å². The quantitative estimate of drug-likeness (QED) is 0.696. The maximum Gasteiger partial charge on any atom is 0.248 e. The van der Waals surface area contributed by atoms with E-state index in [1.165, 1.54) is 0 Å². The highest BCUT2D eigenvalue weighted by molar-refractivity contribution is 9.10. The Morgan fingerprint density at radius 1 is 1.18 bits per heavy atom. The summed E-state index contributed by atoms with van der Waals surface area (Å²) in [5.74, 6) is 2.80. The zero-order valence-electron chi connectivity index (χ0n) is 12.5. The summed E-state index contributed by atoms with van der Waals surface area (Å²) < 4.78 is 8.06. The number of nitrogens with zero attached hydrogens (tertiary/aromatic N) is 5. The lowest BCUT2D eigenvalue weighted by Crippen LogP contribution is -2.04. The molecule has 0 radical (unpaired) electrons. The fourth-order valence-electron chi connectivity index (χ4n) is 2.10. The van der Waals surface area contributed by atoms with Crippen molar-refractivity contribution in [2.24, 2.45) is 0 Å². The van der Waals surface area contributed by atoms with Crippen LogP contribution in [-0.2, 0) is 13.0 Å². The average molecular weight is 362 g/mol. The summed E-state index contributed by atoms with van der Waals surface area (Å²) in [6, 6.07) is 7.91. The van der Waals surface area contributed by atoms with Crippen LogP contribution in [0.25, 0.3) is 11.4 Å². The van der Waals surface area contributed by atoms with Crippen LogP contribution in [0.1, 0.15) is 30.9 Å². The van der Waals surface area contributed by atoms with Gasteiger partial charge >= 0.3 is 0 Å². The van der Waals surface area contributed by atoms with Crippen molar-refractivity contribution in [3.05, 3.63) is 46.3 Å². The van der Waals surface area contributed by atoms with Crippen molar-refractivity contribution in [3.63, 3.8) is 0 Å². The summed E-state index contributed by atoms with van der Waals surface area (Å²) in [6.07, 6.45) is 1.82. The minimum absolute atomic E-state index is 0.437. The van der Waals surface area contributed by atoms with E-state index in [2.05, 4.69) is 43.1 Å². The van der Waals surface area contributed by atoms with Crippen molar-refractivity contribution in [2.45, 2.75) is 33.2 Å². The van der Waals surface area contributed by atoms with Gasteiger partial charge in [0.15, 0.2) is 11.6 Å². The molecule has 0 saturated heterocycles. The Labute approximate surface area is 136 Å². The first-order chi connectivity index (χ1) is 10.7. The molecule has 3 aromatic rings. The molecule has 3 rings (SSSR count).